The second-order valence-corrected chi connectivity index (χ2v) is 6.02. The van der Waals surface area contributed by atoms with Gasteiger partial charge in [0.15, 0.2) is 0 Å². The van der Waals surface area contributed by atoms with E-state index in [1.165, 1.54) is 0 Å². The monoisotopic (exact) mass is 328 g/mol. The summed E-state index contributed by atoms with van der Waals surface area (Å²) in [5.74, 6) is 0.939. The molecule has 0 radical (unpaired) electrons. The van der Waals surface area contributed by atoms with Crippen LogP contribution in [0.2, 0.25) is 0 Å². The van der Waals surface area contributed by atoms with E-state index in [-0.39, 0.29) is 5.92 Å². The summed E-state index contributed by atoms with van der Waals surface area (Å²) in [6, 6.07) is 2.03. The summed E-state index contributed by atoms with van der Waals surface area (Å²) in [7, 11) is 1.66. The van der Waals surface area contributed by atoms with E-state index in [0.717, 1.165) is 46.4 Å². The molecule has 0 bridgehead atoms. The molecule has 1 aromatic rings. The van der Waals surface area contributed by atoms with Crippen LogP contribution in [0.25, 0.3) is 0 Å². The zero-order valence-electron chi connectivity index (χ0n) is 11.7. The minimum Gasteiger partial charge on any atom is -0.496 e. The van der Waals surface area contributed by atoms with Crippen molar-refractivity contribution in [3.05, 3.63) is 27.2 Å². The molecule has 106 valence electrons. The van der Waals surface area contributed by atoms with Crippen molar-refractivity contribution >= 4 is 15.9 Å². The summed E-state index contributed by atoms with van der Waals surface area (Å²) < 4.78 is 12.0. The number of hydrogen-bond donors (Lipinski definition) is 1. The summed E-state index contributed by atoms with van der Waals surface area (Å²) in [6.07, 6.45) is 1.47. The highest BCUT2D eigenvalue weighted by molar-refractivity contribution is 9.10. The van der Waals surface area contributed by atoms with Crippen molar-refractivity contribution in [2.24, 2.45) is 5.92 Å². The van der Waals surface area contributed by atoms with E-state index in [4.69, 9.17) is 9.47 Å². The van der Waals surface area contributed by atoms with Gasteiger partial charge in [-0.05, 0) is 43.9 Å². The Morgan fingerprint density at radius 2 is 2.21 bits per heavy atom. The van der Waals surface area contributed by atoms with Crippen LogP contribution in [0.5, 0.6) is 5.75 Å². The zero-order valence-corrected chi connectivity index (χ0v) is 13.3. The first kappa shape index (κ1) is 14.8. The highest BCUT2D eigenvalue weighted by Gasteiger charge is 2.28. The SMILES string of the molecule is COc1c(C)cc(Br)c(C)c1C(O)C1CCCOC1. The van der Waals surface area contributed by atoms with Crippen LogP contribution < -0.4 is 4.74 Å². The average Bonchev–Trinajstić information content (AvgIpc) is 2.42. The van der Waals surface area contributed by atoms with Gasteiger partial charge in [0.05, 0.1) is 19.8 Å². The molecule has 0 spiro atoms. The standard InChI is InChI=1S/C15H21BrO3/c1-9-7-12(16)10(2)13(15(9)18-3)14(17)11-5-4-6-19-8-11/h7,11,14,17H,4-6,8H2,1-3H3. The molecule has 2 unspecified atom stereocenters. The fourth-order valence-electron chi connectivity index (χ4n) is 2.75. The average molecular weight is 329 g/mol. The van der Waals surface area contributed by atoms with Crippen molar-refractivity contribution in [1.29, 1.82) is 0 Å². The van der Waals surface area contributed by atoms with Crippen molar-refractivity contribution in [1.82, 2.24) is 0 Å². The Balaban J connectivity index is 2.41. The van der Waals surface area contributed by atoms with E-state index in [1.54, 1.807) is 7.11 Å². The van der Waals surface area contributed by atoms with E-state index in [0.29, 0.717) is 6.61 Å². The summed E-state index contributed by atoms with van der Waals surface area (Å²) in [6.45, 7) is 5.43. The first-order chi connectivity index (χ1) is 9.06. The lowest BCUT2D eigenvalue weighted by Crippen LogP contribution is -2.24. The normalized spacial score (nSPS) is 21.2. The van der Waals surface area contributed by atoms with Gasteiger partial charge in [-0.2, -0.15) is 0 Å². The third-order valence-electron chi connectivity index (χ3n) is 3.85. The number of benzene rings is 1. The van der Waals surface area contributed by atoms with E-state index in [9.17, 15) is 5.11 Å². The Morgan fingerprint density at radius 3 is 2.79 bits per heavy atom. The topological polar surface area (TPSA) is 38.7 Å². The molecule has 3 nitrogen and oxygen atoms in total. The number of aliphatic hydroxyl groups excluding tert-OH is 1. The number of halogens is 1. The fourth-order valence-corrected chi connectivity index (χ4v) is 3.31. The van der Waals surface area contributed by atoms with Gasteiger partial charge >= 0.3 is 0 Å². The summed E-state index contributed by atoms with van der Waals surface area (Å²) in [4.78, 5) is 0. The van der Waals surface area contributed by atoms with Crippen LogP contribution >= 0.6 is 15.9 Å². The number of methoxy groups -OCH3 is 1. The zero-order chi connectivity index (χ0) is 14.0. The molecule has 1 aliphatic heterocycles. The predicted molar refractivity (Wildman–Crippen MR) is 78.7 cm³/mol. The van der Waals surface area contributed by atoms with Gasteiger partial charge in [-0.15, -0.1) is 0 Å². The third-order valence-corrected chi connectivity index (χ3v) is 4.67. The Morgan fingerprint density at radius 1 is 1.47 bits per heavy atom. The molecule has 0 amide bonds. The molecule has 0 aliphatic carbocycles. The van der Waals surface area contributed by atoms with Crippen molar-refractivity contribution in [2.45, 2.75) is 32.8 Å². The van der Waals surface area contributed by atoms with Crippen LogP contribution in [0.4, 0.5) is 0 Å². The Labute approximate surface area is 123 Å². The Bertz CT molecular complexity index is 453. The number of rotatable bonds is 3. The van der Waals surface area contributed by atoms with Crippen molar-refractivity contribution < 1.29 is 14.6 Å². The summed E-state index contributed by atoms with van der Waals surface area (Å²) in [5.41, 5.74) is 2.97. The predicted octanol–water partition coefficient (Wildman–Crippen LogP) is 3.53. The van der Waals surface area contributed by atoms with Crippen LogP contribution in [0.3, 0.4) is 0 Å². The highest BCUT2D eigenvalue weighted by atomic mass is 79.9. The maximum atomic E-state index is 10.7. The molecular formula is C15H21BrO3. The number of ether oxygens (including phenoxy) is 2. The molecule has 1 aromatic carbocycles. The van der Waals surface area contributed by atoms with Gasteiger partial charge in [-0.25, -0.2) is 0 Å². The molecule has 2 rings (SSSR count). The van der Waals surface area contributed by atoms with Crippen molar-refractivity contribution in [2.75, 3.05) is 20.3 Å². The molecule has 4 heteroatoms. The van der Waals surface area contributed by atoms with Gasteiger partial charge in [0.2, 0.25) is 0 Å². The van der Waals surface area contributed by atoms with Gasteiger partial charge in [-0.1, -0.05) is 15.9 Å². The molecule has 0 aromatic heterocycles. The molecule has 1 heterocycles. The lowest BCUT2D eigenvalue weighted by atomic mass is 9.87. The number of aryl methyl sites for hydroxylation is 1. The van der Waals surface area contributed by atoms with Gasteiger partial charge in [0, 0.05) is 22.6 Å². The van der Waals surface area contributed by atoms with Gasteiger partial charge < -0.3 is 14.6 Å². The summed E-state index contributed by atoms with van der Waals surface area (Å²) >= 11 is 3.55. The van der Waals surface area contributed by atoms with Crippen molar-refractivity contribution in [3.63, 3.8) is 0 Å². The van der Waals surface area contributed by atoms with Crippen LogP contribution in [0.15, 0.2) is 10.5 Å². The van der Waals surface area contributed by atoms with Gasteiger partial charge in [0.1, 0.15) is 5.75 Å². The highest BCUT2D eigenvalue weighted by Crippen LogP contribution is 2.40. The van der Waals surface area contributed by atoms with E-state index >= 15 is 0 Å². The minimum absolute atomic E-state index is 0.148. The van der Waals surface area contributed by atoms with Gasteiger partial charge in [-0.3, -0.25) is 0 Å². The molecular weight excluding hydrogens is 308 g/mol. The lowest BCUT2D eigenvalue weighted by molar-refractivity contribution is -0.0110. The largest absolute Gasteiger partial charge is 0.496 e. The quantitative estimate of drug-likeness (QED) is 0.922. The van der Waals surface area contributed by atoms with Crippen LogP contribution in [0.1, 0.15) is 35.6 Å². The molecule has 19 heavy (non-hydrogen) atoms. The molecule has 2 atom stereocenters. The Hall–Kier alpha value is -0.580. The first-order valence-corrected chi connectivity index (χ1v) is 7.45. The number of hydrogen-bond acceptors (Lipinski definition) is 3. The fraction of sp³-hybridized carbons (Fsp3) is 0.600. The van der Waals surface area contributed by atoms with E-state index in [2.05, 4.69) is 15.9 Å². The Kier molecular flexibility index (Phi) is 4.87. The second-order valence-electron chi connectivity index (χ2n) is 5.17. The third kappa shape index (κ3) is 2.96. The maximum absolute atomic E-state index is 10.7. The molecule has 1 N–H and O–H groups in total. The van der Waals surface area contributed by atoms with Gasteiger partial charge in [0.25, 0.3) is 0 Å². The van der Waals surface area contributed by atoms with Crippen LogP contribution in [0, 0.1) is 19.8 Å². The second kappa shape index (κ2) is 6.25. The van der Waals surface area contributed by atoms with Crippen LogP contribution in [-0.2, 0) is 4.74 Å². The van der Waals surface area contributed by atoms with E-state index in [1.807, 2.05) is 19.9 Å². The van der Waals surface area contributed by atoms with E-state index < -0.39 is 6.10 Å². The molecule has 0 saturated carbocycles. The lowest BCUT2D eigenvalue weighted by Gasteiger charge is -2.29. The maximum Gasteiger partial charge on any atom is 0.127 e. The molecule has 1 fully saturated rings. The van der Waals surface area contributed by atoms with Crippen molar-refractivity contribution in [3.8, 4) is 5.75 Å². The minimum atomic E-state index is -0.536. The number of aliphatic hydroxyl groups is 1. The van der Waals surface area contributed by atoms with Crippen LogP contribution in [-0.4, -0.2) is 25.4 Å². The summed E-state index contributed by atoms with van der Waals surface area (Å²) in [5, 5.41) is 10.7. The smallest absolute Gasteiger partial charge is 0.127 e. The first-order valence-electron chi connectivity index (χ1n) is 6.65. The molecule has 1 aliphatic rings. The molecule has 1 saturated heterocycles.